The molecule has 1 aliphatic heterocycles. The molecule has 2 amide bonds. The number of amides is 2. The zero-order valence-corrected chi connectivity index (χ0v) is 9.70. The average molecular weight is 211 g/mol. The molecule has 2 aliphatic rings. The Morgan fingerprint density at radius 3 is 2.67 bits per heavy atom. The van der Waals surface area contributed by atoms with E-state index in [1.165, 1.54) is 12.8 Å². The molecule has 0 bridgehead atoms. The topological polar surface area (TPSA) is 35.6 Å². The van der Waals surface area contributed by atoms with Crippen molar-refractivity contribution in [3.05, 3.63) is 0 Å². The number of nitrogens with zero attached hydrogens (tertiary/aromatic N) is 2. The van der Waals surface area contributed by atoms with Crippen molar-refractivity contribution in [1.82, 2.24) is 15.1 Å². The van der Waals surface area contributed by atoms with Gasteiger partial charge in [-0.25, -0.2) is 4.79 Å². The third-order valence-electron chi connectivity index (χ3n) is 3.38. The quantitative estimate of drug-likeness (QED) is 0.728. The maximum absolute atomic E-state index is 11.7. The first-order valence-corrected chi connectivity index (χ1v) is 5.95. The molecular weight excluding hydrogens is 190 g/mol. The van der Waals surface area contributed by atoms with Gasteiger partial charge in [0.1, 0.15) is 0 Å². The van der Waals surface area contributed by atoms with Crippen molar-refractivity contribution >= 4 is 6.03 Å². The van der Waals surface area contributed by atoms with Gasteiger partial charge in [-0.1, -0.05) is 6.92 Å². The van der Waals surface area contributed by atoms with Gasteiger partial charge in [-0.15, -0.1) is 0 Å². The smallest absolute Gasteiger partial charge is 0.319 e. The summed E-state index contributed by atoms with van der Waals surface area (Å²) in [6.07, 6.45) is 2.66. The molecular formula is C11H21N3O. The third-order valence-corrected chi connectivity index (χ3v) is 3.38. The van der Waals surface area contributed by atoms with E-state index in [2.05, 4.69) is 12.2 Å². The van der Waals surface area contributed by atoms with Crippen LogP contribution in [-0.4, -0.2) is 55.1 Å². The Balaban J connectivity index is 1.85. The molecule has 0 aromatic heterocycles. The maximum atomic E-state index is 11.7. The van der Waals surface area contributed by atoms with E-state index in [1.807, 2.05) is 11.9 Å². The molecule has 1 unspecified atom stereocenters. The minimum Gasteiger partial charge on any atom is -0.326 e. The summed E-state index contributed by atoms with van der Waals surface area (Å²) in [5, 5.41) is 3.49. The van der Waals surface area contributed by atoms with Crippen LogP contribution in [0.25, 0.3) is 0 Å². The van der Waals surface area contributed by atoms with E-state index in [0.717, 1.165) is 32.1 Å². The monoisotopic (exact) mass is 211 g/mol. The molecule has 0 spiro atoms. The summed E-state index contributed by atoms with van der Waals surface area (Å²) >= 11 is 0. The Bertz CT molecular complexity index is 240. The summed E-state index contributed by atoms with van der Waals surface area (Å²) in [4.78, 5) is 15.5. The van der Waals surface area contributed by atoms with Crippen LogP contribution < -0.4 is 5.32 Å². The fourth-order valence-corrected chi connectivity index (χ4v) is 2.25. The van der Waals surface area contributed by atoms with Crippen molar-refractivity contribution < 1.29 is 4.79 Å². The standard InChI is InChI=1S/C11H21N3O/c1-3-12-10(9-4-5-9)8-14-7-6-13(2)11(14)15/h9-10,12H,3-8H2,1-2H3. The lowest BCUT2D eigenvalue weighted by molar-refractivity contribution is 0.192. The van der Waals surface area contributed by atoms with Gasteiger partial charge in [-0.05, 0) is 25.3 Å². The molecule has 1 heterocycles. The largest absolute Gasteiger partial charge is 0.326 e. The van der Waals surface area contributed by atoms with Gasteiger partial charge in [0.25, 0.3) is 0 Å². The average Bonchev–Trinajstić information content (AvgIpc) is 3.00. The van der Waals surface area contributed by atoms with Crippen molar-refractivity contribution in [3.63, 3.8) is 0 Å². The highest BCUT2D eigenvalue weighted by molar-refractivity contribution is 5.76. The SMILES string of the molecule is CCNC(CN1CCN(C)C1=O)C1CC1. The lowest BCUT2D eigenvalue weighted by Gasteiger charge is -2.24. The van der Waals surface area contributed by atoms with Crippen LogP contribution in [0.5, 0.6) is 0 Å². The van der Waals surface area contributed by atoms with Crippen LogP contribution in [0.3, 0.4) is 0 Å². The van der Waals surface area contributed by atoms with Gasteiger partial charge in [-0.3, -0.25) is 0 Å². The lowest BCUT2D eigenvalue weighted by Crippen LogP contribution is -2.43. The highest BCUT2D eigenvalue weighted by Gasteiger charge is 2.35. The molecule has 2 rings (SSSR count). The second kappa shape index (κ2) is 4.39. The van der Waals surface area contributed by atoms with Crippen LogP contribution in [0.1, 0.15) is 19.8 Å². The van der Waals surface area contributed by atoms with Crippen molar-refractivity contribution in [2.24, 2.45) is 5.92 Å². The molecule has 0 aromatic rings. The highest BCUT2D eigenvalue weighted by Crippen LogP contribution is 2.33. The molecule has 4 nitrogen and oxygen atoms in total. The van der Waals surface area contributed by atoms with Crippen molar-refractivity contribution in [1.29, 1.82) is 0 Å². The Morgan fingerprint density at radius 2 is 2.20 bits per heavy atom. The molecule has 1 saturated carbocycles. The van der Waals surface area contributed by atoms with E-state index in [-0.39, 0.29) is 6.03 Å². The number of hydrogen-bond acceptors (Lipinski definition) is 2. The highest BCUT2D eigenvalue weighted by atomic mass is 16.2. The number of hydrogen-bond donors (Lipinski definition) is 1. The first-order chi connectivity index (χ1) is 7.22. The van der Waals surface area contributed by atoms with Gasteiger partial charge in [0.15, 0.2) is 0 Å². The van der Waals surface area contributed by atoms with Gasteiger partial charge in [0.2, 0.25) is 0 Å². The number of carbonyl (C=O) groups is 1. The van der Waals surface area contributed by atoms with Crippen LogP contribution in [0.4, 0.5) is 4.79 Å². The molecule has 2 fully saturated rings. The molecule has 15 heavy (non-hydrogen) atoms. The van der Waals surface area contributed by atoms with E-state index in [9.17, 15) is 4.79 Å². The van der Waals surface area contributed by atoms with E-state index in [4.69, 9.17) is 0 Å². The molecule has 1 atom stereocenters. The Kier molecular flexibility index (Phi) is 3.14. The van der Waals surface area contributed by atoms with Crippen LogP contribution in [-0.2, 0) is 0 Å². The number of likely N-dealkylation sites (N-methyl/N-ethyl adjacent to an activating group) is 2. The molecule has 1 saturated heterocycles. The Labute approximate surface area is 91.6 Å². The zero-order valence-electron chi connectivity index (χ0n) is 9.70. The second-order valence-electron chi connectivity index (χ2n) is 4.65. The molecule has 0 aromatic carbocycles. The number of nitrogens with one attached hydrogen (secondary N) is 1. The van der Waals surface area contributed by atoms with Crippen molar-refractivity contribution in [2.75, 3.05) is 33.2 Å². The van der Waals surface area contributed by atoms with E-state index in [1.54, 1.807) is 4.90 Å². The van der Waals surface area contributed by atoms with E-state index in [0.29, 0.717) is 6.04 Å². The van der Waals surface area contributed by atoms with E-state index < -0.39 is 0 Å². The molecule has 86 valence electrons. The lowest BCUT2D eigenvalue weighted by atomic mass is 10.1. The fraction of sp³-hybridized carbons (Fsp3) is 0.909. The number of urea groups is 1. The first kappa shape index (κ1) is 10.7. The second-order valence-corrected chi connectivity index (χ2v) is 4.65. The van der Waals surface area contributed by atoms with Crippen LogP contribution in [0.2, 0.25) is 0 Å². The van der Waals surface area contributed by atoms with Gasteiger partial charge in [-0.2, -0.15) is 0 Å². The number of carbonyl (C=O) groups excluding carboxylic acids is 1. The predicted molar refractivity (Wildman–Crippen MR) is 59.8 cm³/mol. The normalized spacial score (nSPS) is 23.7. The van der Waals surface area contributed by atoms with Crippen LogP contribution in [0, 0.1) is 5.92 Å². The summed E-state index contributed by atoms with van der Waals surface area (Å²) in [6, 6.07) is 0.712. The fourth-order valence-electron chi connectivity index (χ4n) is 2.25. The summed E-state index contributed by atoms with van der Waals surface area (Å²) in [7, 11) is 1.88. The van der Waals surface area contributed by atoms with Gasteiger partial charge >= 0.3 is 6.03 Å². The van der Waals surface area contributed by atoms with Gasteiger partial charge in [0.05, 0.1) is 0 Å². The minimum atomic E-state index is 0.193. The minimum absolute atomic E-state index is 0.193. The number of rotatable bonds is 5. The first-order valence-electron chi connectivity index (χ1n) is 5.95. The van der Waals surface area contributed by atoms with Gasteiger partial charge in [0, 0.05) is 32.7 Å². The van der Waals surface area contributed by atoms with Crippen LogP contribution >= 0.6 is 0 Å². The Hall–Kier alpha value is -0.770. The van der Waals surface area contributed by atoms with Crippen LogP contribution in [0.15, 0.2) is 0 Å². The molecule has 4 heteroatoms. The van der Waals surface area contributed by atoms with E-state index >= 15 is 0 Å². The molecule has 0 radical (unpaired) electrons. The third kappa shape index (κ3) is 2.43. The summed E-state index contributed by atoms with van der Waals surface area (Å²) in [6.45, 7) is 5.79. The van der Waals surface area contributed by atoms with Crippen molar-refractivity contribution in [2.45, 2.75) is 25.8 Å². The van der Waals surface area contributed by atoms with Crippen molar-refractivity contribution in [3.8, 4) is 0 Å². The zero-order chi connectivity index (χ0) is 10.8. The molecule has 1 aliphatic carbocycles. The Morgan fingerprint density at radius 1 is 1.47 bits per heavy atom. The predicted octanol–water partition coefficient (Wildman–Crippen LogP) is 0.742. The summed E-state index contributed by atoms with van der Waals surface area (Å²) in [5.74, 6) is 0.809. The maximum Gasteiger partial charge on any atom is 0.319 e. The molecule has 1 N–H and O–H groups in total. The summed E-state index contributed by atoms with van der Waals surface area (Å²) < 4.78 is 0. The summed E-state index contributed by atoms with van der Waals surface area (Å²) in [5.41, 5.74) is 0. The van der Waals surface area contributed by atoms with Gasteiger partial charge < -0.3 is 15.1 Å².